The third-order valence-electron chi connectivity index (χ3n) is 7.51. The molecule has 0 aromatic heterocycles. The molecule has 61 heavy (non-hydrogen) atoms. The van der Waals surface area contributed by atoms with Crippen molar-refractivity contribution in [3.8, 4) is 0 Å². The van der Waals surface area contributed by atoms with Crippen LogP contribution in [0, 0.1) is 0 Å². The van der Waals surface area contributed by atoms with E-state index in [1.165, 1.54) is 0 Å². The number of carbonyl (C=O) groups excluding carboxylic acids is 3. The van der Waals surface area contributed by atoms with Gasteiger partial charge < -0.3 is 0 Å². The van der Waals surface area contributed by atoms with Crippen LogP contribution in [0.1, 0.15) is 36.0 Å². The fourth-order valence-corrected chi connectivity index (χ4v) is 5.68. The van der Waals surface area contributed by atoms with Gasteiger partial charge in [0, 0.05) is 0 Å². The molecule has 0 saturated carbocycles. The number of carbonyl (C=O) groups is 3. The molecule has 3 aromatic rings. The van der Waals surface area contributed by atoms with Crippen LogP contribution in [0.5, 0.6) is 0 Å². The molecule has 16 nitrogen and oxygen atoms in total. The Hall–Kier alpha value is -3.89. The van der Waals surface area contributed by atoms with Gasteiger partial charge in [0.25, 0.3) is 0 Å². The van der Waals surface area contributed by atoms with E-state index < -0.39 is 34.1 Å². The molecule has 0 aliphatic rings. The quantitative estimate of drug-likeness (QED) is 0.0243. The summed E-state index contributed by atoms with van der Waals surface area (Å²) < 4.78 is 72.8. The molecular formula is C39H56B3N3O13S3. The van der Waals surface area contributed by atoms with Gasteiger partial charge in [-0.05, 0) is 6.26 Å². The number of thioether (sulfide) groups is 1. The number of ether oxygens (including phenoxy) is 3. The summed E-state index contributed by atoms with van der Waals surface area (Å²) in [6.45, 7) is 0.180. The second-order valence-electron chi connectivity index (χ2n) is 12.5. The molecule has 3 atom stereocenters. The molecule has 0 spiro atoms. The van der Waals surface area contributed by atoms with Crippen molar-refractivity contribution in [2.45, 2.75) is 57.2 Å². The second-order valence-corrected chi connectivity index (χ2v) is 15.0. The minimum atomic E-state index is -3.62. The van der Waals surface area contributed by atoms with Gasteiger partial charge >= 0.3 is 353 Å². The third-order valence-corrected chi connectivity index (χ3v) is 8.81. The molecule has 0 bridgehead atoms. The number of benzene rings is 3. The molecule has 0 fully saturated rings. The van der Waals surface area contributed by atoms with Crippen LogP contribution in [0.2, 0.25) is 0 Å². The summed E-state index contributed by atoms with van der Waals surface area (Å²) in [4.78, 5) is 35.0. The number of aliphatic hydroxyl groups excluding tert-OH is 1. The molecule has 332 valence electrons. The molecule has 0 aliphatic heterocycles. The van der Waals surface area contributed by atoms with Crippen LogP contribution < -0.4 is 16.0 Å². The predicted molar refractivity (Wildman–Crippen MR) is 238 cm³/mol. The zero-order valence-corrected chi connectivity index (χ0v) is 37.2. The zero-order valence-electron chi connectivity index (χ0n) is 34.7. The first-order valence-electron chi connectivity index (χ1n) is 18.9. The average molecular weight is 904 g/mol. The van der Waals surface area contributed by atoms with Crippen molar-refractivity contribution in [2.75, 3.05) is 57.1 Å². The van der Waals surface area contributed by atoms with Gasteiger partial charge in [-0.25, -0.2) is 0 Å². The Morgan fingerprint density at radius 3 is 1.28 bits per heavy atom. The molecule has 3 aromatic carbocycles. The van der Waals surface area contributed by atoms with E-state index in [0.717, 1.165) is 35.8 Å². The van der Waals surface area contributed by atoms with Crippen LogP contribution in [-0.2, 0) is 76.8 Å². The van der Waals surface area contributed by atoms with Gasteiger partial charge in [0.15, 0.2) is 0 Å². The summed E-state index contributed by atoms with van der Waals surface area (Å²) in [5.74, 6) is -0.393. The van der Waals surface area contributed by atoms with E-state index in [4.69, 9.17) is 19.3 Å². The number of hydrogen-bond donors (Lipinski definition) is 5. The van der Waals surface area contributed by atoms with Gasteiger partial charge in [-0.1, -0.05) is 0 Å². The first-order chi connectivity index (χ1) is 29.4. The maximum atomic E-state index is 11.8. The van der Waals surface area contributed by atoms with E-state index in [2.05, 4.69) is 32.8 Å². The molecule has 0 radical (unpaired) electrons. The molecule has 22 heteroatoms. The van der Waals surface area contributed by atoms with Crippen LogP contribution in [0.15, 0.2) is 91.0 Å². The summed E-state index contributed by atoms with van der Waals surface area (Å²) >= 11 is 5.16. The molecule has 3 rings (SSSR count). The van der Waals surface area contributed by atoms with Gasteiger partial charge in [-0.3, -0.25) is 0 Å². The van der Waals surface area contributed by atoms with Crippen LogP contribution in [0.4, 0.5) is 0 Å². The van der Waals surface area contributed by atoms with Gasteiger partial charge in [-0.2, -0.15) is 12.6 Å². The van der Waals surface area contributed by atoms with E-state index in [9.17, 15) is 36.9 Å². The Kier molecular flexibility index (Phi) is 35.4. The molecular weight excluding hydrogens is 847 g/mol. The Bertz CT molecular complexity index is 1740. The summed E-state index contributed by atoms with van der Waals surface area (Å²) in [6.07, 6.45) is 5.15. The Morgan fingerprint density at radius 1 is 0.623 bits per heavy atom. The van der Waals surface area contributed by atoms with E-state index >= 15 is 0 Å². The Labute approximate surface area is 370 Å². The Morgan fingerprint density at radius 2 is 0.951 bits per heavy atom. The summed E-state index contributed by atoms with van der Waals surface area (Å²) in [5.41, 5.74) is 2.73. The van der Waals surface area contributed by atoms with Crippen molar-refractivity contribution in [1.82, 2.24) is 16.0 Å². The van der Waals surface area contributed by atoms with Crippen LogP contribution >= 0.6 is 24.4 Å². The van der Waals surface area contributed by atoms with E-state index in [0.29, 0.717) is 20.9 Å². The van der Waals surface area contributed by atoms with Crippen molar-refractivity contribution < 1.29 is 60.4 Å². The number of hydrogen-bond acceptors (Lipinski definition) is 18. The van der Waals surface area contributed by atoms with Crippen molar-refractivity contribution in [1.29, 1.82) is 0 Å². The number of thiol groups is 1. The fourth-order valence-electron chi connectivity index (χ4n) is 4.63. The fraction of sp³-hybridized carbons (Fsp3) is 0.462. The molecule has 0 heterocycles. The first kappa shape index (κ1) is 57.1. The molecule has 3 unspecified atom stereocenters. The van der Waals surface area contributed by atoms with Gasteiger partial charge in [0.05, 0.1) is 0 Å². The monoisotopic (exact) mass is 903 g/mol. The number of aliphatic hydroxyl groups is 1. The molecule has 4 N–H and O–H groups in total. The Balaban J connectivity index is 0.000000871. The van der Waals surface area contributed by atoms with Crippen molar-refractivity contribution in [3.05, 3.63) is 108 Å². The average Bonchev–Trinajstić information content (AvgIpc) is 3.27. The third kappa shape index (κ3) is 33.4. The van der Waals surface area contributed by atoms with Crippen LogP contribution in [-0.4, -0.2) is 128 Å². The first-order valence-corrected chi connectivity index (χ1v) is 23.0. The van der Waals surface area contributed by atoms with Gasteiger partial charge in [0.1, 0.15) is 0 Å². The van der Waals surface area contributed by atoms with E-state index in [-0.39, 0.29) is 77.0 Å². The van der Waals surface area contributed by atoms with Crippen LogP contribution in [0.3, 0.4) is 0 Å². The SMILES string of the molecule is CS.CS(=O)(=O)OCC(CC(=O)OCc1ccccc1)NCB=O.CSCC(CC(=O)OCc1ccccc1)NCB=O.O=BCNC(CO)CC(=O)OCc1ccccc1. The number of nitrogens with one attached hydrogen (secondary N) is 3. The standard InChI is InChI=1S/C13H18BNO6S.C13H18BNO3S.C12H16BNO4.CH4S/c1-22(18,19)21-9-12(15-10-14-17)7-13(16)20-8-11-5-3-2-4-6-11;1-19-9-12(15-10-14-17)7-13(16)18-8-11-5-3-2-4-6-11;15-7-11(14-9-13-17)6-12(16)18-8-10-4-2-1-3-5-10;1-2/h2-6,12,15H,7-10H2,1H3;2-6,12,15H,7-10H2,1H3;1-5,11,14-15H,6-9H2;2H,1H3. The zero-order chi connectivity index (χ0) is 45.6. The summed E-state index contributed by atoms with van der Waals surface area (Å²) in [6, 6.07) is 27.0. The predicted octanol–water partition coefficient (Wildman–Crippen LogP) is 2.13. The minimum absolute atomic E-state index is 0.0102. The summed E-state index contributed by atoms with van der Waals surface area (Å²) in [5, 5.41) is 17.5. The normalized spacial score (nSPS) is 11.6. The second kappa shape index (κ2) is 37.8. The van der Waals surface area contributed by atoms with Gasteiger partial charge in [-0.15, -0.1) is 0 Å². The number of esters is 3. The summed E-state index contributed by atoms with van der Waals surface area (Å²) in [7, 11) is -1.53. The van der Waals surface area contributed by atoms with E-state index in [1.807, 2.05) is 97.3 Å². The maximum absolute atomic E-state index is 11.8. The molecule has 0 aliphatic carbocycles. The van der Waals surface area contributed by atoms with Gasteiger partial charge in [0.2, 0.25) is 0 Å². The van der Waals surface area contributed by atoms with Crippen molar-refractivity contribution >= 4 is 73.9 Å². The topological polar surface area (TPSA) is 230 Å². The molecule has 0 saturated heterocycles. The van der Waals surface area contributed by atoms with E-state index in [1.54, 1.807) is 18.0 Å². The van der Waals surface area contributed by atoms with Crippen molar-refractivity contribution in [2.24, 2.45) is 0 Å². The number of rotatable bonds is 27. The molecule has 0 amide bonds. The van der Waals surface area contributed by atoms with Crippen molar-refractivity contribution in [3.63, 3.8) is 0 Å². The van der Waals surface area contributed by atoms with Crippen LogP contribution in [0.25, 0.3) is 0 Å².